The van der Waals surface area contributed by atoms with Gasteiger partial charge in [-0.3, -0.25) is 4.79 Å². The van der Waals surface area contributed by atoms with Gasteiger partial charge in [0.2, 0.25) is 0 Å². The van der Waals surface area contributed by atoms with Gasteiger partial charge in [-0.15, -0.1) is 0 Å². The van der Waals surface area contributed by atoms with E-state index >= 15 is 0 Å². The normalized spacial score (nSPS) is 11.4. The van der Waals surface area contributed by atoms with Gasteiger partial charge in [0.25, 0.3) is 5.56 Å². The number of rotatable bonds is 9. The van der Waals surface area contributed by atoms with Crippen molar-refractivity contribution >= 4 is 76.5 Å². The van der Waals surface area contributed by atoms with Crippen LogP contribution in [0.1, 0.15) is 37.2 Å². The molecular weight excluding hydrogens is 689 g/mol. The van der Waals surface area contributed by atoms with E-state index in [-0.39, 0.29) is 12.2 Å². The molecule has 0 atom stereocenters. The van der Waals surface area contributed by atoms with Gasteiger partial charge in [-0.2, -0.15) is 9.78 Å². The molecule has 0 amide bonds. The average Bonchev–Trinajstić information content (AvgIpc) is 2.88. The third kappa shape index (κ3) is 6.28. The second kappa shape index (κ2) is 12.6. The van der Waals surface area contributed by atoms with Crippen molar-refractivity contribution in [2.24, 2.45) is 5.10 Å². The molecule has 3 aromatic carbocycles. The van der Waals surface area contributed by atoms with Gasteiger partial charge in [-0.1, -0.05) is 52.7 Å². The fourth-order valence-electron chi connectivity index (χ4n) is 3.68. The monoisotopic (exact) mass is 709 g/mol. The fraction of sp³-hybridized carbons (Fsp3) is 0.222. The van der Waals surface area contributed by atoms with E-state index in [1.54, 1.807) is 12.3 Å². The fourth-order valence-corrected chi connectivity index (χ4v) is 5.17. The standard InChI is InChI=1S/C27H23Br3ClN3O3/c1-3-7-23-33-21-11-10-18(28)13-19(21)27(35)34(23)32-14-17-12-22(36-4-2)26(25(30)24(17)29)37-15-16-8-5-6-9-20(16)31/h5-6,8-14H,3-4,7,15H2,1-2H3. The third-order valence-corrected chi connectivity index (χ3v) is 8.45. The maximum atomic E-state index is 13.3. The molecule has 0 aliphatic rings. The zero-order chi connectivity index (χ0) is 26.5. The molecule has 4 rings (SSSR count). The van der Waals surface area contributed by atoms with Crippen LogP contribution in [-0.2, 0) is 13.0 Å². The van der Waals surface area contributed by atoms with Crippen LogP contribution in [0.25, 0.3) is 10.9 Å². The predicted octanol–water partition coefficient (Wildman–Crippen LogP) is 8.15. The maximum absolute atomic E-state index is 13.3. The molecule has 37 heavy (non-hydrogen) atoms. The van der Waals surface area contributed by atoms with E-state index in [1.807, 2.05) is 56.3 Å². The minimum absolute atomic E-state index is 0.231. The van der Waals surface area contributed by atoms with Crippen molar-refractivity contribution in [3.63, 3.8) is 0 Å². The Balaban J connectivity index is 1.75. The minimum atomic E-state index is -0.231. The number of aryl methyl sites for hydroxylation is 1. The maximum Gasteiger partial charge on any atom is 0.282 e. The highest BCUT2D eigenvalue weighted by atomic mass is 79.9. The minimum Gasteiger partial charge on any atom is -0.490 e. The molecule has 10 heteroatoms. The number of fused-ring (bicyclic) bond motifs is 1. The summed E-state index contributed by atoms with van der Waals surface area (Å²) in [6, 6.07) is 14.8. The molecular formula is C27H23Br3ClN3O3. The van der Waals surface area contributed by atoms with Crippen LogP contribution in [0.5, 0.6) is 11.5 Å². The number of hydrogen-bond acceptors (Lipinski definition) is 5. The first kappa shape index (κ1) is 27.8. The SMILES string of the molecule is CCCc1nc2ccc(Br)cc2c(=O)n1N=Cc1cc(OCC)c(OCc2ccccc2Cl)c(Br)c1Br. The van der Waals surface area contributed by atoms with Gasteiger partial charge in [0, 0.05) is 31.5 Å². The number of benzene rings is 3. The molecule has 0 radical (unpaired) electrons. The van der Waals surface area contributed by atoms with Gasteiger partial charge >= 0.3 is 0 Å². The first-order valence-corrected chi connectivity index (χ1v) is 14.4. The highest BCUT2D eigenvalue weighted by Gasteiger charge is 2.18. The van der Waals surface area contributed by atoms with Crippen molar-refractivity contribution in [3.8, 4) is 11.5 Å². The smallest absolute Gasteiger partial charge is 0.282 e. The van der Waals surface area contributed by atoms with Crippen LogP contribution >= 0.6 is 59.4 Å². The van der Waals surface area contributed by atoms with Gasteiger partial charge in [-0.25, -0.2) is 4.98 Å². The second-order valence-electron chi connectivity index (χ2n) is 8.04. The topological polar surface area (TPSA) is 65.7 Å². The summed E-state index contributed by atoms with van der Waals surface area (Å²) in [5.74, 6) is 1.66. The van der Waals surface area contributed by atoms with Gasteiger partial charge in [-0.05, 0) is 75.5 Å². The molecule has 0 fully saturated rings. The first-order chi connectivity index (χ1) is 17.8. The lowest BCUT2D eigenvalue weighted by Gasteiger charge is -2.17. The molecule has 1 heterocycles. The average molecular weight is 713 g/mol. The molecule has 0 spiro atoms. The molecule has 0 aliphatic carbocycles. The lowest BCUT2D eigenvalue weighted by Crippen LogP contribution is -2.22. The summed E-state index contributed by atoms with van der Waals surface area (Å²) in [6.45, 7) is 4.65. The van der Waals surface area contributed by atoms with Crippen LogP contribution in [0.4, 0.5) is 0 Å². The zero-order valence-corrected chi connectivity index (χ0v) is 25.6. The van der Waals surface area contributed by atoms with E-state index < -0.39 is 0 Å². The highest BCUT2D eigenvalue weighted by Crippen LogP contribution is 2.43. The summed E-state index contributed by atoms with van der Waals surface area (Å²) in [7, 11) is 0. The lowest BCUT2D eigenvalue weighted by molar-refractivity contribution is 0.267. The Kier molecular flexibility index (Phi) is 9.45. The van der Waals surface area contributed by atoms with E-state index in [4.69, 9.17) is 26.1 Å². The quantitative estimate of drug-likeness (QED) is 0.165. The molecule has 0 aliphatic heterocycles. The Morgan fingerprint density at radius 2 is 1.84 bits per heavy atom. The Morgan fingerprint density at radius 3 is 2.57 bits per heavy atom. The van der Waals surface area contributed by atoms with Crippen molar-refractivity contribution in [2.45, 2.75) is 33.3 Å². The number of hydrogen-bond donors (Lipinski definition) is 0. The number of ether oxygens (including phenoxy) is 2. The largest absolute Gasteiger partial charge is 0.490 e. The van der Waals surface area contributed by atoms with Crippen molar-refractivity contribution in [1.29, 1.82) is 0 Å². The number of aromatic nitrogens is 2. The summed E-state index contributed by atoms with van der Waals surface area (Å²) in [6.07, 6.45) is 3.05. The van der Waals surface area contributed by atoms with Gasteiger partial charge in [0.1, 0.15) is 12.4 Å². The van der Waals surface area contributed by atoms with Crippen LogP contribution in [0.3, 0.4) is 0 Å². The summed E-state index contributed by atoms with van der Waals surface area (Å²) in [5, 5.41) is 5.67. The van der Waals surface area contributed by atoms with Crippen LogP contribution < -0.4 is 15.0 Å². The van der Waals surface area contributed by atoms with Crippen molar-refractivity contribution < 1.29 is 9.47 Å². The first-order valence-electron chi connectivity index (χ1n) is 11.6. The Labute approximate surface area is 245 Å². The Morgan fingerprint density at radius 1 is 1.05 bits per heavy atom. The molecule has 0 unspecified atom stereocenters. The molecule has 0 saturated heterocycles. The molecule has 1 aromatic heterocycles. The second-order valence-corrected chi connectivity index (χ2v) is 10.9. The van der Waals surface area contributed by atoms with Gasteiger partial charge in [0.15, 0.2) is 11.5 Å². The lowest BCUT2D eigenvalue weighted by atomic mass is 10.2. The summed E-state index contributed by atoms with van der Waals surface area (Å²) in [5.41, 5.74) is 1.97. The Bertz CT molecular complexity index is 1540. The highest BCUT2D eigenvalue weighted by molar-refractivity contribution is 9.13. The van der Waals surface area contributed by atoms with Crippen molar-refractivity contribution in [2.75, 3.05) is 6.61 Å². The summed E-state index contributed by atoms with van der Waals surface area (Å²) >= 11 is 17.0. The van der Waals surface area contributed by atoms with Crippen LogP contribution in [0.2, 0.25) is 5.02 Å². The van der Waals surface area contributed by atoms with E-state index in [1.165, 1.54) is 4.68 Å². The Hall–Kier alpha value is -2.20. The van der Waals surface area contributed by atoms with Crippen LogP contribution in [0, 0.1) is 0 Å². The molecule has 192 valence electrons. The van der Waals surface area contributed by atoms with E-state index in [9.17, 15) is 4.79 Å². The summed E-state index contributed by atoms with van der Waals surface area (Å²) < 4.78 is 15.5. The van der Waals surface area contributed by atoms with E-state index in [2.05, 4.69) is 52.9 Å². The van der Waals surface area contributed by atoms with Gasteiger partial charge < -0.3 is 9.47 Å². The zero-order valence-electron chi connectivity index (χ0n) is 20.1. The van der Waals surface area contributed by atoms with Crippen molar-refractivity contribution in [1.82, 2.24) is 9.66 Å². The molecule has 0 saturated carbocycles. The molecule has 0 N–H and O–H groups in total. The number of halogens is 4. The van der Waals surface area contributed by atoms with E-state index in [0.29, 0.717) is 60.8 Å². The molecule has 0 bridgehead atoms. The summed E-state index contributed by atoms with van der Waals surface area (Å²) in [4.78, 5) is 18.0. The number of nitrogens with zero attached hydrogens (tertiary/aromatic N) is 3. The van der Waals surface area contributed by atoms with Crippen molar-refractivity contribution in [3.05, 3.63) is 94.3 Å². The van der Waals surface area contributed by atoms with Crippen LogP contribution in [0.15, 0.2) is 71.8 Å². The molecule has 4 aromatic rings. The van der Waals surface area contributed by atoms with E-state index in [0.717, 1.165) is 16.5 Å². The third-order valence-electron chi connectivity index (χ3n) is 5.45. The van der Waals surface area contributed by atoms with Crippen LogP contribution in [-0.4, -0.2) is 22.5 Å². The molecule has 6 nitrogen and oxygen atoms in total. The van der Waals surface area contributed by atoms with Gasteiger partial charge in [0.05, 0.1) is 28.2 Å². The predicted molar refractivity (Wildman–Crippen MR) is 159 cm³/mol.